The smallest absolute Gasteiger partial charge is 0.260 e. The molecular weight excluding hydrogens is 220 g/mol. The molecule has 1 unspecified atom stereocenters. The van der Waals surface area contributed by atoms with Crippen molar-refractivity contribution in [3.63, 3.8) is 0 Å². The van der Waals surface area contributed by atoms with Crippen molar-refractivity contribution in [3.8, 4) is 5.75 Å². The lowest BCUT2D eigenvalue weighted by atomic mass is 10.3. The second kappa shape index (κ2) is 6.75. The van der Waals surface area contributed by atoms with E-state index >= 15 is 0 Å². The lowest BCUT2D eigenvalue weighted by Crippen LogP contribution is -2.37. The molecule has 0 fully saturated rings. The van der Waals surface area contributed by atoms with Crippen LogP contribution >= 0.6 is 0 Å². The standard InChI is InChI=1S/C12H18N2O3/c1-9(12(15)14-7-8-16-2)17-11-5-3-10(13)4-6-11/h3-6,9H,7-8,13H2,1-2H3,(H,14,15). The van der Waals surface area contributed by atoms with Gasteiger partial charge in [0, 0.05) is 19.3 Å². The number of carbonyl (C=O) groups is 1. The third-order valence-corrected chi connectivity index (χ3v) is 2.17. The molecule has 0 saturated heterocycles. The summed E-state index contributed by atoms with van der Waals surface area (Å²) in [6.07, 6.45) is -0.546. The molecule has 0 spiro atoms. The van der Waals surface area contributed by atoms with Crippen molar-refractivity contribution in [1.29, 1.82) is 0 Å². The van der Waals surface area contributed by atoms with Crippen molar-refractivity contribution < 1.29 is 14.3 Å². The van der Waals surface area contributed by atoms with Crippen LogP contribution in [0.2, 0.25) is 0 Å². The summed E-state index contributed by atoms with van der Waals surface area (Å²) in [5, 5.41) is 2.70. The first-order chi connectivity index (χ1) is 8.13. The summed E-state index contributed by atoms with van der Waals surface area (Å²) in [5.74, 6) is 0.451. The largest absolute Gasteiger partial charge is 0.481 e. The lowest BCUT2D eigenvalue weighted by molar-refractivity contribution is -0.127. The fraction of sp³-hybridized carbons (Fsp3) is 0.417. The maximum Gasteiger partial charge on any atom is 0.260 e. The Morgan fingerprint density at radius 2 is 2.06 bits per heavy atom. The third-order valence-electron chi connectivity index (χ3n) is 2.17. The molecule has 0 saturated carbocycles. The number of ether oxygens (including phenoxy) is 2. The zero-order valence-electron chi connectivity index (χ0n) is 10.1. The molecule has 5 nitrogen and oxygen atoms in total. The van der Waals surface area contributed by atoms with Crippen molar-refractivity contribution >= 4 is 11.6 Å². The highest BCUT2D eigenvalue weighted by Gasteiger charge is 2.13. The van der Waals surface area contributed by atoms with E-state index in [1.807, 2.05) is 0 Å². The van der Waals surface area contributed by atoms with Crippen LogP contribution < -0.4 is 15.8 Å². The van der Waals surface area contributed by atoms with Gasteiger partial charge in [-0.3, -0.25) is 4.79 Å². The molecule has 1 atom stereocenters. The Hall–Kier alpha value is -1.75. The molecule has 3 N–H and O–H groups in total. The number of nitrogen functional groups attached to an aromatic ring is 1. The molecule has 0 bridgehead atoms. The number of hydrogen-bond acceptors (Lipinski definition) is 4. The van der Waals surface area contributed by atoms with Crippen LogP contribution in [0.1, 0.15) is 6.92 Å². The fourth-order valence-electron chi connectivity index (χ4n) is 1.22. The molecule has 5 heteroatoms. The Morgan fingerprint density at radius 3 is 2.65 bits per heavy atom. The van der Waals surface area contributed by atoms with Gasteiger partial charge in [-0.25, -0.2) is 0 Å². The Morgan fingerprint density at radius 1 is 1.41 bits per heavy atom. The van der Waals surface area contributed by atoms with E-state index in [9.17, 15) is 4.79 Å². The summed E-state index contributed by atoms with van der Waals surface area (Å²) in [4.78, 5) is 11.6. The number of carbonyl (C=O) groups excluding carboxylic acids is 1. The van der Waals surface area contributed by atoms with Crippen molar-refractivity contribution in [3.05, 3.63) is 24.3 Å². The van der Waals surface area contributed by atoms with Crippen LogP contribution in [0.4, 0.5) is 5.69 Å². The highest BCUT2D eigenvalue weighted by molar-refractivity contribution is 5.80. The Balaban J connectivity index is 2.40. The predicted octanol–water partition coefficient (Wildman–Crippen LogP) is 0.799. The van der Waals surface area contributed by atoms with Gasteiger partial charge in [0.2, 0.25) is 0 Å². The molecule has 0 heterocycles. The molecule has 17 heavy (non-hydrogen) atoms. The second-order valence-corrected chi connectivity index (χ2v) is 3.61. The molecule has 0 aliphatic rings. The minimum absolute atomic E-state index is 0.168. The van der Waals surface area contributed by atoms with E-state index in [1.165, 1.54) is 0 Å². The normalized spacial score (nSPS) is 11.9. The number of hydrogen-bond donors (Lipinski definition) is 2. The van der Waals surface area contributed by atoms with Gasteiger partial charge >= 0.3 is 0 Å². The van der Waals surface area contributed by atoms with Crippen LogP contribution in [-0.4, -0.2) is 32.3 Å². The number of benzene rings is 1. The van der Waals surface area contributed by atoms with Gasteiger partial charge in [0.25, 0.3) is 5.91 Å². The number of nitrogens with two attached hydrogens (primary N) is 1. The third kappa shape index (κ3) is 4.74. The quantitative estimate of drug-likeness (QED) is 0.568. The van der Waals surface area contributed by atoms with Crippen LogP contribution in [0, 0.1) is 0 Å². The van der Waals surface area contributed by atoms with Gasteiger partial charge < -0.3 is 20.5 Å². The summed E-state index contributed by atoms with van der Waals surface area (Å²) in [6, 6.07) is 6.91. The molecule has 1 aromatic rings. The predicted molar refractivity (Wildman–Crippen MR) is 65.8 cm³/mol. The molecule has 0 aliphatic heterocycles. The van der Waals surface area contributed by atoms with Gasteiger partial charge in [0.15, 0.2) is 6.10 Å². The monoisotopic (exact) mass is 238 g/mol. The summed E-state index contributed by atoms with van der Waals surface area (Å²) < 4.78 is 10.3. The number of rotatable bonds is 6. The number of methoxy groups -OCH3 is 1. The van der Waals surface area contributed by atoms with Crippen LogP contribution in [-0.2, 0) is 9.53 Å². The summed E-state index contributed by atoms with van der Waals surface area (Å²) in [6.45, 7) is 2.66. The fourth-order valence-corrected chi connectivity index (χ4v) is 1.22. The van der Waals surface area contributed by atoms with Gasteiger partial charge in [-0.1, -0.05) is 0 Å². The SMILES string of the molecule is COCCNC(=O)C(C)Oc1ccc(N)cc1. The van der Waals surface area contributed by atoms with E-state index in [0.717, 1.165) is 0 Å². The number of nitrogens with one attached hydrogen (secondary N) is 1. The first kappa shape index (κ1) is 13.3. The molecule has 1 amide bonds. The Kier molecular flexibility index (Phi) is 5.29. The number of anilines is 1. The van der Waals surface area contributed by atoms with Crippen molar-refractivity contribution in [1.82, 2.24) is 5.32 Å². The molecule has 1 aromatic carbocycles. The average Bonchev–Trinajstić information content (AvgIpc) is 2.32. The van der Waals surface area contributed by atoms with Crippen molar-refractivity contribution in [2.24, 2.45) is 0 Å². The molecule has 1 rings (SSSR count). The lowest BCUT2D eigenvalue weighted by Gasteiger charge is -2.14. The number of amides is 1. The first-order valence-corrected chi connectivity index (χ1v) is 5.42. The molecule has 0 radical (unpaired) electrons. The van der Waals surface area contributed by atoms with Gasteiger partial charge in [0.05, 0.1) is 6.61 Å². The zero-order chi connectivity index (χ0) is 12.7. The Labute approximate surface area is 101 Å². The van der Waals surface area contributed by atoms with Crippen LogP contribution in [0.25, 0.3) is 0 Å². The van der Waals surface area contributed by atoms with Crippen molar-refractivity contribution in [2.45, 2.75) is 13.0 Å². The summed E-state index contributed by atoms with van der Waals surface area (Å²) in [7, 11) is 1.58. The highest BCUT2D eigenvalue weighted by atomic mass is 16.5. The van der Waals surface area contributed by atoms with Gasteiger partial charge in [0.1, 0.15) is 5.75 Å². The van der Waals surface area contributed by atoms with Gasteiger partial charge in [-0.2, -0.15) is 0 Å². The maximum absolute atomic E-state index is 11.6. The minimum atomic E-state index is -0.546. The zero-order valence-corrected chi connectivity index (χ0v) is 10.1. The average molecular weight is 238 g/mol. The van der Waals surface area contributed by atoms with Gasteiger partial charge in [-0.05, 0) is 31.2 Å². The van der Waals surface area contributed by atoms with Crippen LogP contribution in [0.3, 0.4) is 0 Å². The summed E-state index contributed by atoms with van der Waals surface area (Å²) >= 11 is 0. The molecule has 0 aliphatic carbocycles. The van der Waals surface area contributed by atoms with E-state index in [2.05, 4.69) is 5.32 Å². The topological polar surface area (TPSA) is 73.6 Å². The molecule has 0 aromatic heterocycles. The molecule has 94 valence electrons. The summed E-state index contributed by atoms with van der Waals surface area (Å²) in [5.41, 5.74) is 6.21. The van der Waals surface area contributed by atoms with E-state index in [4.69, 9.17) is 15.2 Å². The van der Waals surface area contributed by atoms with Crippen molar-refractivity contribution in [2.75, 3.05) is 26.0 Å². The van der Waals surface area contributed by atoms with E-state index in [1.54, 1.807) is 38.3 Å². The Bertz CT molecular complexity index is 351. The second-order valence-electron chi connectivity index (χ2n) is 3.61. The molecular formula is C12H18N2O3. The maximum atomic E-state index is 11.6. The van der Waals surface area contributed by atoms with E-state index in [0.29, 0.717) is 24.6 Å². The van der Waals surface area contributed by atoms with Crippen LogP contribution in [0.15, 0.2) is 24.3 Å². The van der Waals surface area contributed by atoms with E-state index in [-0.39, 0.29) is 5.91 Å². The van der Waals surface area contributed by atoms with Gasteiger partial charge in [-0.15, -0.1) is 0 Å². The first-order valence-electron chi connectivity index (χ1n) is 5.42. The highest BCUT2D eigenvalue weighted by Crippen LogP contribution is 2.14. The van der Waals surface area contributed by atoms with Crippen LogP contribution in [0.5, 0.6) is 5.75 Å². The van der Waals surface area contributed by atoms with E-state index < -0.39 is 6.10 Å². The minimum Gasteiger partial charge on any atom is -0.481 e.